The summed E-state index contributed by atoms with van der Waals surface area (Å²) in [4.78, 5) is 4.10. The molecule has 6 heteroatoms. The molecule has 0 radical (unpaired) electrons. The summed E-state index contributed by atoms with van der Waals surface area (Å²) in [7, 11) is 1.63. The second-order valence-electron chi connectivity index (χ2n) is 3.67. The van der Waals surface area contributed by atoms with Crippen LogP contribution >= 0.6 is 23.8 Å². The van der Waals surface area contributed by atoms with Gasteiger partial charge in [0.1, 0.15) is 11.6 Å². The molecule has 0 unspecified atom stereocenters. The van der Waals surface area contributed by atoms with Crippen molar-refractivity contribution in [2.45, 2.75) is 0 Å². The van der Waals surface area contributed by atoms with Crippen LogP contribution in [0.15, 0.2) is 42.6 Å². The zero-order valence-corrected chi connectivity index (χ0v) is 11.8. The maximum atomic E-state index is 5.76. The van der Waals surface area contributed by atoms with Gasteiger partial charge in [0.15, 0.2) is 5.11 Å². The quantitative estimate of drug-likeness (QED) is 0.848. The molecular formula is C13H12ClN3OS. The summed E-state index contributed by atoms with van der Waals surface area (Å²) in [6, 6.07) is 11.0. The highest BCUT2D eigenvalue weighted by molar-refractivity contribution is 7.80. The molecule has 2 aromatic rings. The Kier molecular flexibility index (Phi) is 4.54. The van der Waals surface area contributed by atoms with Crippen molar-refractivity contribution in [3.63, 3.8) is 0 Å². The van der Waals surface area contributed by atoms with Crippen LogP contribution in [-0.2, 0) is 0 Å². The Morgan fingerprint density at radius 2 is 1.89 bits per heavy atom. The first-order chi connectivity index (χ1) is 9.17. The zero-order valence-electron chi connectivity index (χ0n) is 10.2. The van der Waals surface area contributed by atoms with Crippen LogP contribution in [0.2, 0.25) is 5.02 Å². The molecule has 0 saturated carbocycles. The van der Waals surface area contributed by atoms with Crippen molar-refractivity contribution in [3.05, 3.63) is 47.6 Å². The standard InChI is InChI=1S/C13H12ClN3OS/c1-18-11-5-3-10(4-6-11)16-13(19)17-12-7-2-9(14)8-15-12/h2-8H,1H3,(H2,15,16,17,19). The fourth-order valence-electron chi connectivity index (χ4n) is 1.40. The van der Waals surface area contributed by atoms with Crippen LogP contribution in [0.3, 0.4) is 0 Å². The smallest absolute Gasteiger partial charge is 0.176 e. The van der Waals surface area contributed by atoms with Crippen molar-refractivity contribution >= 4 is 40.4 Å². The third kappa shape index (κ3) is 4.08. The van der Waals surface area contributed by atoms with E-state index in [1.54, 1.807) is 25.4 Å². The minimum Gasteiger partial charge on any atom is -0.497 e. The van der Waals surface area contributed by atoms with E-state index in [1.807, 2.05) is 24.3 Å². The molecular weight excluding hydrogens is 282 g/mol. The van der Waals surface area contributed by atoms with Crippen LogP contribution < -0.4 is 15.4 Å². The van der Waals surface area contributed by atoms with Gasteiger partial charge < -0.3 is 15.4 Å². The van der Waals surface area contributed by atoms with E-state index < -0.39 is 0 Å². The summed E-state index contributed by atoms with van der Waals surface area (Å²) in [5.41, 5.74) is 0.868. The Morgan fingerprint density at radius 3 is 2.47 bits per heavy atom. The van der Waals surface area contributed by atoms with Crippen molar-refractivity contribution in [2.75, 3.05) is 17.7 Å². The number of rotatable bonds is 3. The summed E-state index contributed by atoms with van der Waals surface area (Å²) >= 11 is 10.9. The van der Waals surface area contributed by atoms with Crippen molar-refractivity contribution in [3.8, 4) is 5.75 Å². The molecule has 98 valence electrons. The Morgan fingerprint density at radius 1 is 1.16 bits per heavy atom. The normalized spacial score (nSPS) is 9.79. The first kappa shape index (κ1) is 13.6. The van der Waals surface area contributed by atoms with E-state index in [9.17, 15) is 0 Å². The predicted molar refractivity (Wildman–Crippen MR) is 82.1 cm³/mol. The number of halogens is 1. The number of thiocarbonyl (C=S) groups is 1. The van der Waals surface area contributed by atoms with Gasteiger partial charge in [-0.3, -0.25) is 0 Å². The highest BCUT2D eigenvalue weighted by Crippen LogP contribution is 2.15. The van der Waals surface area contributed by atoms with Gasteiger partial charge in [-0.15, -0.1) is 0 Å². The topological polar surface area (TPSA) is 46.2 Å². The molecule has 0 aliphatic rings. The number of anilines is 2. The van der Waals surface area contributed by atoms with Gasteiger partial charge in [0.25, 0.3) is 0 Å². The van der Waals surface area contributed by atoms with E-state index in [0.29, 0.717) is 16.0 Å². The fourth-order valence-corrected chi connectivity index (χ4v) is 1.74. The van der Waals surface area contributed by atoms with Crippen molar-refractivity contribution in [1.29, 1.82) is 0 Å². The van der Waals surface area contributed by atoms with Crippen LogP contribution in [0.5, 0.6) is 5.75 Å². The SMILES string of the molecule is COc1ccc(NC(=S)Nc2ccc(Cl)cn2)cc1. The molecule has 1 heterocycles. The number of ether oxygens (including phenoxy) is 1. The molecule has 0 aliphatic carbocycles. The van der Waals surface area contributed by atoms with Gasteiger partial charge in [-0.1, -0.05) is 11.6 Å². The molecule has 1 aromatic heterocycles. The van der Waals surface area contributed by atoms with Crippen molar-refractivity contribution in [1.82, 2.24) is 4.98 Å². The van der Waals surface area contributed by atoms with Crippen LogP contribution in [0.1, 0.15) is 0 Å². The monoisotopic (exact) mass is 293 g/mol. The number of nitrogens with zero attached hydrogens (tertiary/aromatic N) is 1. The van der Waals surface area contributed by atoms with Crippen LogP contribution in [0.4, 0.5) is 11.5 Å². The zero-order chi connectivity index (χ0) is 13.7. The van der Waals surface area contributed by atoms with Gasteiger partial charge >= 0.3 is 0 Å². The highest BCUT2D eigenvalue weighted by Gasteiger charge is 2.00. The van der Waals surface area contributed by atoms with Gasteiger partial charge in [-0.2, -0.15) is 0 Å². The van der Waals surface area contributed by atoms with Gasteiger partial charge in [0.2, 0.25) is 0 Å². The van der Waals surface area contributed by atoms with Crippen LogP contribution in [0.25, 0.3) is 0 Å². The number of nitrogens with one attached hydrogen (secondary N) is 2. The number of pyridine rings is 1. The first-order valence-corrected chi connectivity index (χ1v) is 6.29. The Labute approximate surface area is 121 Å². The minimum absolute atomic E-state index is 0.458. The average Bonchev–Trinajstić information content (AvgIpc) is 2.42. The molecule has 0 amide bonds. The lowest BCUT2D eigenvalue weighted by atomic mass is 10.3. The number of hydrogen-bond acceptors (Lipinski definition) is 3. The predicted octanol–water partition coefficient (Wildman–Crippen LogP) is 3.55. The summed E-state index contributed by atoms with van der Waals surface area (Å²) in [5.74, 6) is 1.43. The average molecular weight is 294 g/mol. The number of methoxy groups -OCH3 is 1. The van der Waals surface area contributed by atoms with Crippen LogP contribution in [0, 0.1) is 0 Å². The molecule has 0 fully saturated rings. The molecule has 0 spiro atoms. The van der Waals surface area contributed by atoms with Gasteiger partial charge in [0, 0.05) is 11.9 Å². The maximum absolute atomic E-state index is 5.76. The number of hydrogen-bond donors (Lipinski definition) is 2. The summed E-state index contributed by atoms with van der Waals surface area (Å²) in [5, 5.41) is 7.05. The fraction of sp³-hybridized carbons (Fsp3) is 0.0769. The van der Waals surface area contributed by atoms with E-state index in [2.05, 4.69) is 15.6 Å². The van der Waals surface area contributed by atoms with Crippen LogP contribution in [-0.4, -0.2) is 17.2 Å². The third-order valence-corrected chi connectivity index (χ3v) is 2.74. The number of aromatic nitrogens is 1. The summed E-state index contributed by atoms with van der Waals surface area (Å²) < 4.78 is 5.08. The van der Waals surface area contributed by atoms with Gasteiger partial charge in [-0.05, 0) is 48.6 Å². The molecule has 2 rings (SSSR count). The molecule has 1 aromatic carbocycles. The molecule has 4 nitrogen and oxygen atoms in total. The van der Waals surface area contributed by atoms with E-state index in [4.69, 9.17) is 28.6 Å². The molecule has 19 heavy (non-hydrogen) atoms. The molecule has 0 bridgehead atoms. The van der Waals surface area contributed by atoms with Crippen molar-refractivity contribution in [2.24, 2.45) is 0 Å². The summed E-state index contributed by atoms with van der Waals surface area (Å²) in [6.45, 7) is 0. The minimum atomic E-state index is 0.458. The maximum Gasteiger partial charge on any atom is 0.176 e. The second-order valence-corrected chi connectivity index (χ2v) is 4.51. The van der Waals surface area contributed by atoms with E-state index in [0.717, 1.165) is 11.4 Å². The third-order valence-electron chi connectivity index (χ3n) is 2.32. The Balaban J connectivity index is 1.95. The van der Waals surface area contributed by atoms with E-state index >= 15 is 0 Å². The highest BCUT2D eigenvalue weighted by atomic mass is 35.5. The molecule has 2 N–H and O–H groups in total. The van der Waals surface area contributed by atoms with E-state index in [-0.39, 0.29) is 0 Å². The van der Waals surface area contributed by atoms with Gasteiger partial charge in [-0.25, -0.2) is 4.98 Å². The van der Waals surface area contributed by atoms with Crippen molar-refractivity contribution < 1.29 is 4.74 Å². The summed E-state index contributed by atoms with van der Waals surface area (Å²) in [6.07, 6.45) is 1.56. The molecule has 0 aliphatic heterocycles. The molecule has 0 saturated heterocycles. The number of benzene rings is 1. The second kappa shape index (κ2) is 6.36. The lowest BCUT2D eigenvalue weighted by Crippen LogP contribution is -2.19. The Bertz CT molecular complexity index is 557. The Hall–Kier alpha value is -1.85. The largest absolute Gasteiger partial charge is 0.497 e. The van der Waals surface area contributed by atoms with E-state index in [1.165, 1.54) is 0 Å². The lowest BCUT2D eigenvalue weighted by molar-refractivity contribution is 0.415. The van der Waals surface area contributed by atoms with Gasteiger partial charge in [0.05, 0.1) is 12.1 Å². The molecule has 0 atom stereocenters. The lowest BCUT2D eigenvalue weighted by Gasteiger charge is -2.10. The first-order valence-electron chi connectivity index (χ1n) is 5.51.